The summed E-state index contributed by atoms with van der Waals surface area (Å²) in [7, 11) is 1.32. The van der Waals surface area contributed by atoms with Gasteiger partial charge in [-0.1, -0.05) is 36.8 Å². The fourth-order valence-electron chi connectivity index (χ4n) is 5.04. The van der Waals surface area contributed by atoms with Crippen LogP contribution in [0.25, 0.3) is 11.3 Å². The van der Waals surface area contributed by atoms with Gasteiger partial charge in [-0.15, -0.1) is 0 Å². The van der Waals surface area contributed by atoms with Crippen molar-refractivity contribution in [1.82, 2.24) is 10.4 Å². The molecule has 1 saturated heterocycles. The predicted octanol–water partition coefficient (Wildman–Crippen LogP) is 5.50. The third-order valence-corrected chi connectivity index (χ3v) is 7.37. The fourth-order valence-corrected chi connectivity index (χ4v) is 5.04. The maximum absolute atomic E-state index is 12.6. The molecule has 42 heavy (non-hydrogen) atoms. The van der Waals surface area contributed by atoms with Gasteiger partial charge in [-0.3, -0.25) is 14.4 Å². The van der Waals surface area contributed by atoms with Gasteiger partial charge in [-0.05, 0) is 92.9 Å². The number of carbonyl (C=O) groups excluding carboxylic acids is 3. The van der Waals surface area contributed by atoms with E-state index in [1.807, 2.05) is 62.4 Å². The Kier molecular flexibility index (Phi) is 10.9. The summed E-state index contributed by atoms with van der Waals surface area (Å²) >= 11 is 0. The van der Waals surface area contributed by atoms with Gasteiger partial charge >= 0.3 is 5.97 Å². The normalized spacial score (nSPS) is 14.0. The lowest BCUT2D eigenvalue weighted by Gasteiger charge is -2.25. The molecule has 0 saturated carbocycles. The molecule has 0 unspecified atom stereocenters. The van der Waals surface area contributed by atoms with Crippen molar-refractivity contribution in [3.05, 3.63) is 94.5 Å². The van der Waals surface area contributed by atoms with E-state index in [1.165, 1.54) is 26.4 Å². The van der Waals surface area contributed by atoms with Gasteiger partial charge in [0.2, 0.25) is 6.41 Å². The minimum atomic E-state index is -0.479. The van der Waals surface area contributed by atoms with E-state index in [0.29, 0.717) is 35.4 Å². The van der Waals surface area contributed by atoms with Crippen molar-refractivity contribution in [3.8, 4) is 0 Å². The zero-order valence-electron chi connectivity index (χ0n) is 24.4. The highest BCUT2D eigenvalue weighted by atomic mass is 16.7. The van der Waals surface area contributed by atoms with Gasteiger partial charge in [0.25, 0.3) is 5.91 Å². The molecule has 0 radical (unpaired) electrons. The number of nitrogens with zero attached hydrogens (tertiary/aromatic N) is 1. The number of rotatable bonds is 12. The third kappa shape index (κ3) is 7.84. The molecule has 3 aromatic carbocycles. The van der Waals surface area contributed by atoms with Gasteiger partial charge < -0.3 is 20.3 Å². The average Bonchev–Trinajstić information content (AvgIpc) is 3.03. The molecule has 9 nitrogen and oxygen atoms in total. The Balaban J connectivity index is 1.54. The Morgan fingerprint density at radius 3 is 2.31 bits per heavy atom. The molecule has 0 aliphatic carbocycles. The number of hydrogen-bond acceptors (Lipinski definition) is 7. The number of allylic oxidation sites excluding steroid dienone is 1. The van der Waals surface area contributed by atoms with Crippen LogP contribution in [0.15, 0.2) is 66.7 Å². The van der Waals surface area contributed by atoms with E-state index in [1.54, 1.807) is 18.2 Å². The van der Waals surface area contributed by atoms with E-state index in [0.717, 1.165) is 47.7 Å². The standard InChI is InChI=1S/C33H38N4O5/c1-23-20-29(30(34-22-38)21-28(23)33(40)41-3)24(2)31(25-10-6-4-7-11-25)35-27-14-12-26(13-15-27)32(39)36-42-19-18-37-16-8-5-9-17-37/h4,6-7,10-15,20-22,35H,5,8-9,16-19H2,1-3H3,(H,34,38)(H,36,39)/b31-24+. The molecular weight excluding hydrogens is 532 g/mol. The Hall–Kier alpha value is -4.47. The number of amides is 2. The van der Waals surface area contributed by atoms with E-state index in [-0.39, 0.29) is 5.91 Å². The van der Waals surface area contributed by atoms with Crippen LogP contribution in [-0.4, -0.2) is 56.5 Å². The first-order valence-electron chi connectivity index (χ1n) is 14.1. The quantitative estimate of drug-likeness (QED) is 0.0868. The van der Waals surface area contributed by atoms with E-state index in [9.17, 15) is 14.4 Å². The third-order valence-electron chi connectivity index (χ3n) is 7.37. The zero-order chi connectivity index (χ0) is 29.9. The summed E-state index contributed by atoms with van der Waals surface area (Å²) in [6.07, 6.45) is 4.29. The molecule has 220 valence electrons. The fraction of sp³-hybridized carbons (Fsp3) is 0.303. The molecule has 1 aliphatic heterocycles. The van der Waals surface area contributed by atoms with Crippen molar-refractivity contribution in [2.24, 2.45) is 0 Å². The van der Waals surface area contributed by atoms with Crippen LogP contribution in [0.5, 0.6) is 0 Å². The summed E-state index contributed by atoms with van der Waals surface area (Å²) in [6, 6.07) is 20.4. The summed E-state index contributed by atoms with van der Waals surface area (Å²) in [5, 5.41) is 6.21. The number of hydrogen-bond donors (Lipinski definition) is 3. The number of methoxy groups -OCH3 is 1. The van der Waals surface area contributed by atoms with Crippen LogP contribution in [-0.2, 0) is 14.4 Å². The lowest BCUT2D eigenvalue weighted by atomic mass is 9.95. The second-order valence-electron chi connectivity index (χ2n) is 10.2. The molecule has 0 spiro atoms. The molecule has 4 rings (SSSR count). The van der Waals surface area contributed by atoms with Crippen molar-refractivity contribution >= 4 is 40.9 Å². The number of likely N-dealkylation sites (tertiary alicyclic amines) is 1. The average molecular weight is 571 g/mol. The minimum Gasteiger partial charge on any atom is -0.465 e. The summed E-state index contributed by atoms with van der Waals surface area (Å²) in [5.74, 6) is -0.784. The van der Waals surface area contributed by atoms with Gasteiger partial charge in [0, 0.05) is 34.7 Å². The highest BCUT2D eigenvalue weighted by molar-refractivity contribution is 6.01. The van der Waals surface area contributed by atoms with E-state index < -0.39 is 5.97 Å². The Bertz CT molecular complexity index is 1410. The van der Waals surface area contributed by atoms with Crippen LogP contribution in [0.2, 0.25) is 0 Å². The second kappa shape index (κ2) is 15.0. The Morgan fingerprint density at radius 1 is 0.929 bits per heavy atom. The van der Waals surface area contributed by atoms with Crippen molar-refractivity contribution in [1.29, 1.82) is 0 Å². The molecule has 1 heterocycles. The number of piperidine rings is 1. The first-order valence-corrected chi connectivity index (χ1v) is 14.1. The molecule has 3 N–H and O–H groups in total. The SMILES string of the molecule is COC(=O)c1cc(NC=O)c(/C(C)=C(/Nc2ccc(C(=O)NOCCN3CCCCC3)cc2)c2ccccc2)cc1C. The monoisotopic (exact) mass is 570 g/mol. The maximum atomic E-state index is 12.6. The lowest BCUT2D eigenvalue weighted by molar-refractivity contribution is -0.105. The van der Waals surface area contributed by atoms with Crippen LogP contribution in [0.3, 0.4) is 0 Å². The zero-order valence-corrected chi connectivity index (χ0v) is 24.4. The number of nitrogens with one attached hydrogen (secondary N) is 3. The van der Waals surface area contributed by atoms with Crippen molar-refractivity contribution < 1.29 is 24.0 Å². The summed E-state index contributed by atoms with van der Waals surface area (Å²) in [5.41, 5.74) is 8.67. The van der Waals surface area contributed by atoms with E-state index in [2.05, 4.69) is 21.0 Å². The molecule has 9 heteroatoms. The van der Waals surface area contributed by atoms with Gasteiger partial charge in [0.05, 0.1) is 19.3 Å². The van der Waals surface area contributed by atoms with Gasteiger partial charge in [0.15, 0.2) is 0 Å². The largest absolute Gasteiger partial charge is 0.465 e. The molecule has 2 amide bonds. The van der Waals surface area contributed by atoms with Gasteiger partial charge in [-0.25, -0.2) is 10.3 Å². The van der Waals surface area contributed by atoms with Crippen LogP contribution in [0.4, 0.5) is 11.4 Å². The summed E-state index contributed by atoms with van der Waals surface area (Å²) in [4.78, 5) is 44.1. The number of ether oxygens (including phenoxy) is 1. The molecule has 0 atom stereocenters. The summed E-state index contributed by atoms with van der Waals surface area (Å²) in [6.45, 7) is 7.17. The first-order chi connectivity index (χ1) is 20.4. The first kappa shape index (κ1) is 30.5. The number of esters is 1. The highest BCUT2D eigenvalue weighted by Crippen LogP contribution is 2.34. The summed E-state index contributed by atoms with van der Waals surface area (Å²) < 4.78 is 4.91. The predicted molar refractivity (Wildman–Crippen MR) is 165 cm³/mol. The Morgan fingerprint density at radius 2 is 1.64 bits per heavy atom. The Labute approximate surface area is 246 Å². The van der Waals surface area contributed by atoms with Crippen LogP contribution in [0, 0.1) is 6.92 Å². The second-order valence-corrected chi connectivity index (χ2v) is 10.2. The molecule has 1 aliphatic rings. The minimum absolute atomic E-state index is 0.305. The van der Waals surface area contributed by atoms with Gasteiger partial charge in [-0.2, -0.15) is 0 Å². The van der Waals surface area contributed by atoms with Gasteiger partial charge in [0.1, 0.15) is 0 Å². The van der Waals surface area contributed by atoms with Crippen molar-refractivity contribution in [2.45, 2.75) is 33.1 Å². The molecule has 3 aromatic rings. The topological polar surface area (TPSA) is 109 Å². The number of aryl methyl sites for hydroxylation is 1. The number of hydroxylamine groups is 1. The van der Waals surface area contributed by atoms with Crippen LogP contribution < -0.4 is 16.1 Å². The number of anilines is 2. The van der Waals surface area contributed by atoms with Crippen LogP contribution in [0.1, 0.15) is 63.6 Å². The van der Waals surface area contributed by atoms with Crippen LogP contribution >= 0.6 is 0 Å². The number of carbonyl (C=O) groups is 3. The van der Waals surface area contributed by atoms with E-state index in [4.69, 9.17) is 9.57 Å². The number of benzene rings is 3. The highest BCUT2D eigenvalue weighted by Gasteiger charge is 2.18. The van der Waals surface area contributed by atoms with Crippen molar-refractivity contribution in [2.75, 3.05) is 44.0 Å². The van der Waals surface area contributed by atoms with Crippen molar-refractivity contribution in [3.63, 3.8) is 0 Å². The molecule has 0 bridgehead atoms. The smallest absolute Gasteiger partial charge is 0.338 e. The molecular formula is C33H38N4O5. The molecule has 1 fully saturated rings. The molecule has 0 aromatic heterocycles. The maximum Gasteiger partial charge on any atom is 0.338 e. The van der Waals surface area contributed by atoms with E-state index >= 15 is 0 Å². The lowest BCUT2D eigenvalue weighted by Crippen LogP contribution is -2.35.